The van der Waals surface area contributed by atoms with Crippen LogP contribution in [0, 0.1) is 50.2 Å². The molecule has 0 aromatic heterocycles. The first-order chi connectivity index (χ1) is 29.9. The average molecular weight is 913 g/mol. The highest BCUT2D eigenvalue weighted by atomic mass is 16.8. The van der Waals surface area contributed by atoms with E-state index in [9.17, 15) is 55.9 Å². The molecule has 0 amide bonds. The monoisotopic (exact) mass is 913 g/mol. The first-order valence-corrected chi connectivity index (χ1v) is 23.7. The van der Waals surface area contributed by atoms with Gasteiger partial charge in [0.2, 0.25) is 0 Å². The Hall–Kier alpha value is -1.39. The van der Waals surface area contributed by atoms with Gasteiger partial charge in [-0.3, -0.25) is 4.79 Å². The number of hydrogen-bond donors (Lipinski definition) is 10. The van der Waals surface area contributed by atoms with Gasteiger partial charge >= 0.3 is 5.97 Å². The van der Waals surface area contributed by atoms with E-state index < -0.39 is 116 Å². The van der Waals surface area contributed by atoms with Crippen molar-refractivity contribution in [2.45, 2.75) is 205 Å². The highest BCUT2D eigenvalue weighted by Crippen LogP contribution is 2.76. The third-order valence-corrected chi connectivity index (χ3v) is 19.2. The predicted molar refractivity (Wildman–Crippen MR) is 225 cm³/mol. The Balaban J connectivity index is 1.07. The van der Waals surface area contributed by atoms with Gasteiger partial charge in [-0.15, -0.1) is 0 Å². The van der Waals surface area contributed by atoms with Gasteiger partial charge in [0.05, 0.1) is 30.8 Å². The molecule has 366 valence electrons. The lowest BCUT2D eigenvalue weighted by molar-refractivity contribution is -0.388. The molecule has 0 bridgehead atoms. The van der Waals surface area contributed by atoms with Gasteiger partial charge in [-0.1, -0.05) is 53.2 Å². The van der Waals surface area contributed by atoms with Crippen LogP contribution in [0.15, 0.2) is 11.6 Å². The summed E-state index contributed by atoms with van der Waals surface area (Å²) in [6.45, 7) is 14.3. The van der Waals surface area contributed by atoms with Crippen LogP contribution < -0.4 is 0 Å². The van der Waals surface area contributed by atoms with Crippen LogP contribution in [-0.4, -0.2) is 169 Å². The van der Waals surface area contributed by atoms with Gasteiger partial charge in [0.25, 0.3) is 0 Å². The number of ether oxygens (including phenoxy) is 6. The zero-order chi connectivity index (χ0) is 46.7. The fourth-order valence-electron chi connectivity index (χ4n) is 14.9. The van der Waals surface area contributed by atoms with Gasteiger partial charge in [0.1, 0.15) is 61.0 Å². The quantitative estimate of drug-likeness (QED) is 0.116. The highest BCUT2D eigenvalue weighted by molar-refractivity contribution is 5.76. The SMILES string of the molecule is C[C@@H]1O[C@@H](O[C@H]2[C@H](O[C@H]3CC[C@]4(C)[C@H]5CC=C6[C@@H]7C[C@](C)(CO)CC[C@]7(C(=O)O)CC[C@@]6(C)[C@]5(C)CC[C@H]4C3(C)C)OC[C@H](O)[C@@H]2O[C@@H]2O[C@H](CO)[C@@H](O)[C@H](O)[C@H]2O)[C@H](O)[C@H](O)[C@H]1O. The van der Waals surface area contributed by atoms with Crippen molar-refractivity contribution in [1.82, 2.24) is 0 Å². The summed E-state index contributed by atoms with van der Waals surface area (Å²) >= 11 is 0. The fourth-order valence-corrected chi connectivity index (χ4v) is 14.9. The van der Waals surface area contributed by atoms with E-state index in [4.69, 9.17) is 28.4 Å². The van der Waals surface area contributed by atoms with Crippen molar-refractivity contribution in [2.75, 3.05) is 19.8 Å². The predicted octanol–water partition coefficient (Wildman–Crippen LogP) is 1.35. The Labute approximate surface area is 376 Å². The van der Waals surface area contributed by atoms with Crippen LogP contribution in [-0.2, 0) is 33.2 Å². The second-order valence-corrected chi connectivity index (χ2v) is 22.8. The van der Waals surface area contributed by atoms with Crippen molar-refractivity contribution in [1.29, 1.82) is 0 Å². The van der Waals surface area contributed by atoms with Gasteiger partial charge in [-0.25, -0.2) is 0 Å². The topological polar surface area (TPSA) is 275 Å². The lowest BCUT2D eigenvalue weighted by Crippen LogP contribution is -2.67. The van der Waals surface area contributed by atoms with E-state index in [0.717, 1.165) is 32.1 Å². The molecule has 8 aliphatic rings. The standard InChI is InChI=1S/C47H76O17/c1-22-30(51)32(53)34(55)38(60-22)64-37-36(63-39-35(56)33(54)31(52)26(19-48)61-39)25(50)20-59-40(37)62-29-11-12-44(5)27(42(29,2)3)10-13-46(7)28(44)9-8-23-24-18-43(4,21-49)14-16-47(24,41(57)58)17-15-45(23,46)6/h8,22,24-40,48-56H,9-21H2,1-7H3,(H,57,58)/t22-,24-,25-,26+,27-,28+,29-,30-,31+,32+,33-,34+,35+,36-,37+,38-,39-,40-,43+,44-,45+,46+,47-/m0/s1. The van der Waals surface area contributed by atoms with E-state index >= 15 is 0 Å². The van der Waals surface area contributed by atoms with Crippen molar-refractivity contribution in [3.05, 3.63) is 11.6 Å². The van der Waals surface area contributed by atoms with Gasteiger partial charge in [0, 0.05) is 6.61 Å². The summed E-state index contributed by atoms with van der Waals surface area (Å²) in [5, 5.41) is 107. The second kappa shape index (κ2) is 17.2. The molecule has 7 fully saturated rings. The van der Waals surface area contributed by atoms with Crippen molar-refractivity contribution in [3.63, 3.8) is 0 Å². The van der Waals surface area contributed by atoms with Crippen LogP contribution in [0.1, 0.15) is 113 Å². The van der Waals surface area contributed by atoms with Crippen LogP contribution >= 0.6 is 0 Å². The third-order valence-electron chi connectivity index (χ3n) is 19.2. The lowest BCUT2D eigenvalue weighted by Gasteiger charge is -2.71. The van der Waals surface area contributed by atoms with Crippen molar-refractivity contribution in [3.8, 4) is 0 Å². The number of aliphatic hydroxyl groups excluding tert-OH is 9. The summed E-state index contributed by atoms with van der Waals surface area (Å²) in [4.78, 5) is 13.2. The van der Waals surface area contributed by atoms with Gasteiger partial charge in [-0.2, -0.15) is 0 Å². The van der Waals surface area contributed by atoms with Crippen molar-refractivity contribution in [2.24, 2.45) is 50.2 Å². The van der Waals surface area contributed by atoms with E-state index in [1.165, 1.54) is 12.5 Å². The Morgan fingerprint density at radius 2 is 1.36 bits per heavy atom. The zero-order valence-electron chi connectivity index (χ0n) is 38.5. The molecule has 0 spiro atoms. The Morgan fingerprint density at radius 3 is 2.02 bits per heavy atom. The normalized spacial score (nSPS) is 55.0. The smallest absolute Gasteiger partial charge is 0.310 e. The number of aliphatic hydroxyl groups is 9. The highest BCUT2D eigenvalue weighted by Gasteiger charge is 2.70. The third kappa shape index (κ3) is 7.49. The number of rotatable bonds is 9. The maximum Gasteiger partial charge on any atom is 0.310 e. The van der Waals surface area contributed by atoms with E-state index in [1.54, 1.807) is 0 Å². The Morgan fingerprint density at radius 1 is 0.719 bits per heavy atom. The Bertz CT molecular complexity index is 1750. The average Bonchev–Trinajstić information content (AvgIpc) is 3.25. The maximum atomic E-state index is 13.2. The molecule has 10 N–H and O–H groups in total. The number of carboxylic acid groups (broad SMARTS) is 1. The number of aliphatic carboxylic acids is 1. The fraction of sp³-hybridized carbons (Fsp3) is 0.936. The largest absolute Gasteiger partial charge is 0.481 e. The molecule has 0 aromatic carbocycles. The minimum Gasteiger partial charge on any atom is -0.481 e. The van der Waals surface area contributed by atoms with E-state index in [-0.39, 0.29) is 46.7 Å². The summed E-state index contributed by atoms with van der Waals surface area (Å²) < 4.78 is 37.1. The molecule has 0 aromatic rings. The van der Waals surface area contributed by atoms with Crippen LogP contribution in [0.25, 0.3) is 0 Å². The molecular formula is C47H76O17. The summed E-state index contributed by atoms with van der Waals surface area (Å²) in [6, 6.07) is 0. The van der Waals surface area contributed by atoms with E-state index in [2.05, 4.69) is 47.6 Å². The Kier molecular flexibility index (Phi) is 13.2. The van der Waals surface area contributed by atoms with Gasteiger partial charge in [-0.05, 0) is 116 Å². The first kappa shape index (κ1) is 49.0. The van der Waals surface area contributed by atoms with Crippen LogP contribution in [0.5, 0.6) is 0 Å². The number of allylic oxidation sites excluding steroid dienone is 2. The minimum atomic E-state index is -1.81. The molecule has 64 heavy (non-hydrogen) atoms. The summed E-state index contributed by atoms with van der Waals surface area (Å²) in [7, 11) is 0. The molecule has 17 heteroatoms. The zero-order valence-corrected chi connectivity index (χ0v) is 38.5. The molecule has 3 saturated heterocycles. The molecule has 4 saturated carbocycles. The van der Waals surface area contributed by atoms with Crippen LogP contribution in [0.2, 0.25) is 0 Å². The number of hydrogen-bond acceptors (Lipinski definition) is 16. The molecule has 3 heterocycles. The van der Waals surface area contributed by atoms with Crippen LogP contribution in [0.4, 0.5) is 0 Å². The molecule has 0 unspecified atom stereocenters. The molecular weight excluding hydrogens is 837 g/mol. The van der Waals surface area contributed by atoms with Crippen molar-refractivity contribution >= 4 is 5.97 Å². The number of carboxylic acids is 1. The lowest BCUT2D eigenvalue weighted by atomic mass is 9.33. The summed E-state index contributed by atoms with van der Waals surface area (Å²) in [6.07, 6.45) is -11.7. The summed E-state index contributed by atoms with van der Waals surface area (Å²) in [5.41, 5.74) is -0.780. The molecule has 5 aliphatic carbocycles. The van der Waals surface area contributed by atoms with Gasteiger partial charge < -0.3 is 79.5 Å². The number of fused-ring (bicyclic) bond motifs is 7. The van der Waals surface area contributed by atoms with E-state index in [1.807, 2.05) is 0 Å². The maximum absolute atomic E-state index is 13.2. The van der Waals surface area contributed by atoms with Crippen LogP contribution in [0.3, 0.4) is 0 Å². The molecule has 8 rings (SSSR count). The molecule has 17 nitrogen and oxygen atoms in total. The first-order valence-electron chi connectivity index (χ1n) is 23.7. The molecule has 23 atom stereocenters. The summed E-state index contributed by atoms with van der Waals surface area (Å²) in [5.74, 6) is -0.374. The van der Waals surface area contributed by atoms with Crippen molar-refractivity contribution < 1.29 is 84.3 Å². The van der Waals surface area contributed by atoms with Gasteiger partial charge in [0.15, 0.2) is 18.9 Å². The number of carbonyl (C=O) groups is 1. The van der Waals surface area contributed by atoms with E-state index in [0.29, 0.717) is 38.0 Å². The molecule has 0 radical (unpaired) electrons. The second-order valence-electron chi connectivity index (χ2n) is 22.8. The molecule has 3 aliphatic heterocycles. The minimum absolute atomic E-state index is 0.0369.